The topological polar surface area (TPSA) is 49.4 Å². The summed E-state index contributed by atoms with van der Waals surface area (Å²) in [4.78, 5) is 27.9. The Morgan fingerprint density at radius 2 is 1.62 bits per heavy atom. The van der Waals surface area contributed by atoms with E-state index < -0.39 is 5.92 Å². The van der Waals surface area contributed by atoms with E-state index in [1.807, 2.05) is 67.6 Å². The fourth-order valence-electron chi connectivity index (χ4n) is 3.88. The van der Waals surface area contributed by atoms with Crippen molar-refractivity contribution in [2.75, 3.05) is 5.32 Å². The van der Waals surface area contributed by atoms with Crippen LogP contribution in [0.25, 0.3) is 0 Å². The number of β-lactam (4-membered cyclic amide) rings is 1. The Morgan fingerprint density at radius 3 is 2.28 bits per heavy atom. The number of nitrogens with one attached hydrogen (secondary N) is 1. The average Bonchev–Trinajstić information content (AvgIpc) is 2.73. The number of carbonyl (C=O) groups is 2. The van der Waals surface area contributed by atoms with Crippen molar-refractivity contribution in [3.63, 3.8) is 0 Å². The molecule has 5 heteroatoms. The first-order valence-corrected chi connectivity index (χ1v) is 9.92. The van der Waals surface area contributed by atoms with Gasteiger partial charge in [-0.3, -0.25) is 9.59 Å². The number of rotatable bonds is 5. The number of carbonyl (C=O) groups excluding carboxylic acids is 2. The van der Waals surface area contributed by atoms with Crippen LogP contribution in [0.1, 0.15) is 30.1 Å². The van der Waals surface area contributed by atoms with Gasteiger partial charge in [-0.15, -0.1) is 0 Å². The zero-order valence-electron chi connectivity index (χ0n) is 16.0. The van der Waals surface area contributed by atoms with Crippen LogP contribution in [0.3, 0.4) is 0 Å². The lowest BCUT2D eigenvalue weighted by atomic mass is 9.79. The van der Waals surface area contributed by atoms with Crippen molar-refractivity contribution in [1.82, 2.24) is 4.90 Å². The number of amides is 2. The molecule has 1 aliphatic heterocycles. The first-order chi connectivity index (χ1) is 14.1. The average molecular weight is 405 g/mol. The molecule has 3 aromatic carbocycles. The third kappa shape index (κ3) is 3.76. The van der Waals surface area contributed by atoms with Gasteiger partial charge < -0.3 is 10.2 Å². The van der Waals surface area contributed by atoms with E-state index in [0.29, 0.717) is 10.7 Å². The summed E-state index contributed by atoms with van der Waals surface area (Å²) in [7, 11) is 0. The van der Waals surface area contributed by atoms with Gasteiger partial charge in [-0.05, 0) is 36.2 Å². The van der Waals surface area contributed by atoms with Gasteiger partial charge in [0, 0.05) is 10.7 Å². The van der Waals surface area contributed by atoms with Crippen molar-refractivity contribution >= 4 is 29.1 Å². The normalized spacial score (nSPS) is 19.4. The Bertz CT molecular complexity index is 1020. The van der Waals surface area contributed by atoms with E-state index in [-0.39, 0.29) is 23.9 Å². The summed E-state index contributed by atoms with van der Waals surface area (Å²) in [6.45, 7) is 1.99. The number of benzene rings is 3. The van der Waals surface area contributed by atoms with E-state index in [0.717, 1.165) is 11.1 Å². The molecule has 0 radical (unpaired) electrons. The van der Waals surface area contributed by atoms with Gasteiger partial charge >= 0.3 is 0 Å². The molecule has 1 fully saturated rings. The highest BCUT2D eigenvalue weighted by atomic mass is 35.5. The lowest BCUT2D eigenvalue weighted by Gasteiger charge is -2.49. The smallest absolute Gasteiger partial charge is 0.239 e. The SMILES string of the molecule is CC(c1ccccc1)N1C(=O)[C@H](C(=O)Nc2cccc(Cl)c2)[C@H]1c1ccccc1. The first kappa shape index (κ1) is 19.2. The largest absolute Gasteiger partial charge is 0.327 e. The summed E-state index contributed by atoms with van der Waals surface area (Å²) in [6.07, 6.45) is 0. The minimum Gasteiger partial charge on any atom is -0.327 e. The molecule has 1 unspecified atom stereocenters. The van der Waals surface area contributed by atoms with Crippen LogP contribution < -0.4 is 5.32 Å². The number of hydrogen-bond acceptors (Lipinski definition) is 2. The summed E-state index contributed by atoms with van der Waals surface area (Å²) in [6, 6.07) is 26.0. The third-order valence-electron chi connectivity index (χ3n) is 5.35. The van der Waals surface area contributed by atoms with Crippen LogP contribution in [0.2, 0.25) is 5.02 Å². The molecular formula is C24H21ClN2O2. The van der Waals surface area contributed by atoms with Crippen LogP contribution in [-0.4, -0.2) is 16.7 Å². The molecule has 29 heavy (non-hydrogen) atoms. The third-order valence-corrected chi connectivity index (χ3v) is 5.59. The molecule has 146 valence electrons. The molecule has 4 rings (SSSR count). The van der Waals surface area contributed by atoms with Gasteiger partial charge in [-0.25, -0.2) is 0 Å². The molecular weight excluding hydrogens is 384 g/mol. The highest BCUT2D eigenvalue weighted by Crippen LogP contribution is 2.46. The fraction of sp³-hybridized carbons (Fsp3) is 0.167. The van der Waals surface area contributed by atoms with Gasteiger partial charge in [0.15, 0.2) is 0 Å². The first-order valence-electron chi connectivity index (χ1n) is 9.55. The molecule has 0 bridgehead atoms. The number of hydrogen-bond donors (Lipinski definition) is 1. The quantitative estimate of drug-likeness (QED) is 0.467. The standard InChI is InChI=1S/C24H21ClN2O2/c1-16(17-9-4-2-5-10-17)27-22(18-11-6-3-7-12-18)21(24(27)29)23(28)26-20-14-8-13-19(25)15-20/h2-16,21-22H,1H3,(H,26,28)/t16?,21-,22+/m0/s1. The molecule has 1 N–H and O–H groups in total. The maximum atomic E-state index is 13.1. The van der Waals surface area contributed by atoms with Crippen molar-refractivity contribution < 1.29 is 9.59 Å². The summed E-state index contributed by atoms with van der Waals surface area (Å²) in [5.74, 6) is -1.26. The number of anilines is 1. The molecule has 0 spiro atoms. The molecule has 3 aromatic rings. The van der Waals surface area contributed by atoms with E-state index in [4.69, 9.17) is 11.6 Å². The van der Waals surface area contributed by atoms with Gasteiger partial charge in [0.25, 0.3) is 0 Å². The highest BCUT2D eigenvalue weighted by Gasteiger charge is 2.54. The summed E-state index contributed by atoms with van der Waals surface area (Å²) >= 11 is 6.02. The van der Waals surface area contributed by atoms with Gasteiger partial charge in [0.1, 0.15) is 5.92 Å². The van der Waals surface area contributed by atoms with E-state index in [2.05, 4.69) is 5.32 Å². The Balaban J connectivity index is 1.63. The molecule has 2 amide bonds. The predicted molar refractivity (Wildman–Crippen MR) is 114 cm³/mol. The Morgan fingerprint density at radius 1 is 0.966 bits per heavy atom. The maximum absolute atomic E-state index is 13.1. The molecule has 0 aromatic heterocycles. The highest BCUT2D eigenvalue weighted by molar-refractivity contribution is 6.31. The van der Waals surface area contributed by atoms with E-state index in [9.17, 15) is 9.59 Å². The summed E-state index contributed by atoms with van der Waals surface area (Å²) in [5.41, 5.74) is 2.56. The second-order valence-corrected chi connectivity index (χ2v) is 7.60. The molecule has 1 saturated heterocycles. The molecule has 1 heterocycles. The second kappa shape index (κ2) is 8.10. The molecule has 0 aliphatic carbocycles. The van der Waals surface area contributed by atoms with Gasteiger partial charge in [-0.2, -0.15) is 0 Å². The second-order valence-electron chi connectivity index (χ2n) is 7.16. The Kier molecular flexibility index (Phi) is 5.36. The molecule has 0 saturated carbocycles. The number of likely N-dealkylation sites (tertiary alicyclic amines) is 1. The van der Waals surface area contributed by atoms with Gasteiger partial charge in [0.2, 0.25) is 11.8 Å². The number of nitrogens with zero attached hydrogens (tertiary/aromatic N) is 1. The van der Waals surface area contributed by atoms with Crippen LogP contribution in [-0.2, 0) is 9.59 Å². The van der Waals surface area contributed by atoms with Crippen molar-refractivity contribution in [2.45, 2.75) is 19.0 Å². The van der Waals surface area contributed by atoms with Crippen LogP contribution in [0.4, 0.5) is 5.69 Å². The van der Waals surface area contributed by atoms with Crippen molar-refractivity contribution in [1.29, 1.82) is 0 Å². The predicted octanol–water partition coefficient (Wildman–Crippen LogP) is 5.24. The van der Waals surface area contributed by atoms with E-state index in [1.165, 1.54) is 0 Å². The summed E-state index contributed by atoms with van der Waals surface area (Å²) in [5, 5.41) is 3.37. The molecule has 4 nitrogen and oxygen atoms in total. The fourth-order valence-corrected chi connectivity index (χ4v) is 4.07. The zero-order chi connectivity index (χ0) is 20.4. The minimum absolute atomic E-state index is 0.135. The van der Waals surface area contributed by atoms with Crippen LogP contribution in [0.5, 0.6) is 0 Å². The monoisotopic (exact) mass is 404 g/mol. The zero-order valence-corrected chi connectivity index (χ0v) is 16.7. The number of halogens is 1. The van der Waals surface area contributed by atoms with Gasteiger partial charge in [0.05, 0.1) is 12.1 Å². The lowest BCUT2D eigenvalue weighted by molar-refractivity contribution is -0.165. The lowest BCUT2D eigenvalue weighted by Crippen LogP contribution is -2.59. The summed E-state index contributed by atoms with van der Waals surface area (Å²) < 4.78 is 0. The Hall–Kier alpha value is -3.11. The van der Waals surface area contributed by atoms with Crippen LogP contribution in [0, 0.1) is 5.92 Å². The maximum Gasteiger partial charge on any atom is 0.239 e. The minimum atomic E-state index is -0.775. The van der Waals surface area contributed by atoms with Crippen LogP contribution in [0.15, 0.2) is 84.9 Å². The van der Waals surface area contributed by atoms with Crippen molar-refractivity contribution in [3.05, 3.63) is 101 Å². The van der Waals surface area contributed by atoms with Crippen molar-refractivity contribution in [3.8, 4) is 0 Å². The van der Waals surface area contributed by atoms with E-state index >= 15 is 0 Å². The molecule has 1 aliphatic rings. The van der Waals surface area contributed by atoms with Crippen LogP contribution >= 0.6 is 11.6 Å². The van der Waals surface area contributed by atoms with E-state index in [1.54, 1.807) is 29.2 Å². The Labute approximate surface area is 175 Å². The van der Waals surface area contributed by atoms with Gasteiger partial charge in [-0.1, -0.05) is 78.3 Å². The molecule has 3 atom stereocenters. The van der Waals surface area contributed by atoms with Crippen molar-refractivity contribution in [2.24, 2.45) is 5.92 Å².